The second kappa shape index (κ2) is 2.90. The first-order valence-electron chi connectivity index (χ1n) is 3.88. The summed E-state index contributed by atoms with van der Waals surface area (Å²) in [5, 5.41) is 0. The molecule has 0 aliphatic heterocycles. The van der Waals surface area contributed by atoms with E-state index in [2.05, 4.69) is 4.98 Å². The van der Waals surface area contributed by atoms with E-state index in [1.165, 1.54) is 18.0 Å². The molecule has 0 aliphatic carbocycles. The second-order valence-corrected chi connectivity index (χ2v) is 2.64. The molecule has 13 heavy (non-hydrogen) atoms. The van der Waals surface area contributed by atoms with E-state index in [0.29, 0.717) is 0 Å². The highest BCUT2D eigenvalue weighted by Crippen LogP contribution is 2.09. The molecular weight excluding hydrogens is 168 g/mol. The van der Waals surface area contributed by atoms with Gasteiger partial charge in [-0.3, -0.25) is 0 Å². The second-order valence-electron chi connectivity index (χ2n) is 2.64. The normalized spacial score (nSPS) is 10.2. The van der Waals surface area contributed by atoms with Crippen LogP contribution in [-0.2, 0) is 4.79 Å². The molecule has 0 unspecified atom stereocenters. The van der Waals surface area contributed by atoms with E-state index in [0.717, 1.165) is 11.0 Å². The third-order valence-corrected chi connectivity index (χ3v) is 1.65. The van der Waals surface area contributed by atoms with E-state index in [9.17, 15) is 4.79 Å². The molecule has 0 aliphatic rings. The first-order chi connectivity index (χ1) is 6.27. The van der Waals surface area contributed by atoms with Crippen molar-refractivity contribution >= 4 is 17.0 Å². The van der Waals surface area contributed by atoms with Crippen molar-refractivity contribution in [3.05, 3.63) is 30.6 Å². The maximum absolute atomic E-state index is 10.7. The van der Waals surface area contributed by atoms with E-state index in [-0.39, 0.29) is 5.97 Å². The lowest BCUT2D eigenvalue weighted by Crippen LogP contribution is -2.14. The lowest BCUT2D eigenvalue weighted by molar-refractivity contribution is -0.141. The van der Waals surface area contributed by atoms with Crippen LogP contribution in [0.4, 0.5) is 0 Å². The number of carbonyl (C=O) groups excluding carboxylic acids is 1. The summed E-state index contributed by atoms with van der Waals surface area (Å²) in [5.74, 6) is -0.358. The van der Waals surface area contributed by atoms with Crippen molar-refractivity contribution in [1.29, 1.82) is 0 Å². The van der Waals surface area contributed by atoms with Crippen molar-refractivity contribution in [3.63, 3.8) is 0 Å². The number of aromatic nitrogens is 2. The number of carbonyl (C=O) groups is 1. The molecule has 4 heteroatoms. The smallest absolute Gasteiger partial charge is 0.329 e. The maximum atomic E-state index is 10.7. The molecule has 4 nitrogen and oxygen atoms in total. The van der Waals surface area contributed by atoms with Gasteiger partial charge in [0.1, 0.15) is 11.8 Å². The largest absolute Gasteiger partial charge is 0.335 e. The van der Waals surface area contributed by atoms with Crippen LogP contribution in [0.25, 0.3) is 11.0 Å². The average molecular weight is 176 g/mol. The molecule has 1 aromatic heterocycles. The Morgan fingerprint density at radius 1 is 1.46 bits per heavy atom. The number of rotatable bonds is 1. The number of hydrogen-bond donors (Lipinski definition) is 0. The predicted octanol–water partition coefficient (Wildman–Crippen LogP) is 1.01. The topological polar surface area (TPSA) is 44.1 Å². The molecule has 0 saturated heterocycles. The Morgan fingerprint density at radius 2 is 2.23 bits per heavy atom. The van der Waals surface area contributed by atoms with Crippen molar-refractivity contribution < 1.29 is 9.63 Å². The minimum atomic E-state index is -0.358. The van der Waals surface area contributed by atoms with E-state index in [4.69, 9.17) is 4.84 Å². The van der Waals surface area contributed by atoms with Crippen LogP contribution in [0.15, 0.2) is 30.6 Å². The molecule has 0 saturated carbocycles. The van der Waals surface area contributed by atoms with Gasteiger partial charge in [-0.2, -0.15) is 4.73 Å². The quantitative estimate of drug-likeness (QED) is 0.651. The van der Waals surface area contributed by atoms with Gasteiger partial charge in [0.2, 0.25) is 0 Å². The highest BCUT2D eigenvalue weighted by atomic mass is 16.7. The molecule has 0 amide bonds. The van der Waals surface area contributed by atoms with Gasteiger partial charge in [0.05, 0.1) is 5.52 Å². The highest BCUT2D eigenvalue weighted by molar-refractivity contribution is 5.76. The Hall–Kier alpha value is -1.84. The summed E-state index contributed by atoms with van der Waals surface area (Å²) in [6.07, 6.45) is 1.48. The molecule has 0 radical (unpaired) electrons. The standard InChI is InChI=1S/C9H8N2O2/c1-7(12)13-11-6-10-8-4-2-3-5-9(8)11/h2-6H,1H3. The third-order valence-electron chi connectivity index (χ3n) is 1.65. The van der Waals surface area contributed by atoms with E-state index < -0.39 is 0 Å². The lowest BCUT2D eigenvalue weighted by Gasteiger charge is -2.00. The molecule has 0 bridgehead atoms. The number of nitrogens with zero attached hydrogens (tertiary/aromatic N) is 2. The van der Waals surface area contributed by atoms with E-state index in [1.807, 2.05) is 24.3 Å². The first-order valence-corrected chi connectivity index (χ1v) is 3.88. The monoisotopic (exact) mass is 176 g/mol. The number of hydrogen-bond acceptors (Lipinski definition) is 3. The Balaban J connectivity index is 2.51. The van der Waals surface area contributed by atoms with Crippen LogP contribution in [0, 0.1) is 0 Å². The van der Waals surface area contributed by atoms with Crippen LogP contribution in [-0.4, -0.2) is 15.7 Å². The van der Waals surface area contributed by atoms with Crippen molar-refractivity contribution in [1.82, 2.24) is 9.71 Å². The fraction of sp³-hybridized carbons (Fsp3) is 0.111. The molecule has 0 fully saturated rings. The van der Waals surface area contributed by atoms with Crippen LogP contribution in [0.3, 0.4) is 0 Å². The summed E-state index contributed by atoms with van der Waals surface area (Å²) in [6.45, 7) is 1.36. The van der Waals surface area contributed by atoms with Crippen LogP contribution in [0.5, 0.6) is 0 Å². The van der Waals surface area contributed by atoms with Gasteiger partial charge in [-0.25, -0.2) is 9.78 Å². The summed E-state index contributed by atoms with van der Waals surface area (Å²) in [5.41, 5.74) is 1.60. The fourth-order valence-corrected chi connectivity index (χ4v) is 1.15. The molecule has 1 heterocycles. The number of para-hydroxylation sites is 2. The molecular formula is C9H8N2O2. The van der Waals surface area contributed by atoms with E-state index >= 15 is 0 Å². The first kappa shape index (κ1) is 7.79. The van der Waals surface area contributed by atoms with Gasteiger partial charge < -0.3 is 4.84 Å². The Labute approximate surface area is 74.7 Å². The SMILES string of the molecule is CC(=O)On1cnc2ccccc21. The highest BCUT2D eigenvalue weighted by Gasteiger charge is 2.02. The Morgan fingerprint density at radius 3 is 3.00 bits per heavy atom. The summed E-state index contributed by atoms with van der Waals surface area (Å²) >= 11 is 0. The molecule has 66 valence electrons. The van der Waals surface area contributed by atoms with Gasteiger partial charge in [-0.15, -0.1) is 0 Å². The van der Waals surface area contributed by atoms with Gasteiger partial charge in [0.25, 0.3) is 0 Å². The number of fused-ring (bicyclic) bond motifs is 1. The molecule has 1 aromatic carbocycles. The zero-order valence-electron chi connectivity index (χ0n) is 7.10. The minimum Gasteiger partial charge on any atom is -0.335 e. The van der Waals surface area contributed by atoms with Gasteiger partial charge in [-0.1, -0.05) is 12.1 Å². The zero-order chi connectivity index (χ0) is 9.26. The summed E-state index contributed by atoms with van der Waals surface area (Å²) in [7, 11) is 0. The van der Waals surface area contributed by atoms with Crippen molar-refractivity contribution in [2.24, 2.45) is 0 Å². The Kier molecular flexibility index (Phi) is 1.73. The summed E-state index contributed by atoms with van der Waals surface area (Å²) < 4.78 is 1.36. The van der Waals surface area contributed by atoms with Gasteiger partial charge >= 0.3 is 5.97 Å². The molecule has 0 spiro atoms. The third kappa shape index (κ3) is 1.38. The fourth-order valence-electron chi connectivity index (χ4n) is 1.15. The van der Waals surface area contributed by atoms with Crippen LogP contribution in [0.2, 0.25) is 0 Å². The summed E-state index contributed by atoms with van der Waals surface area (Å²) in [4.78, 5) is 19.6. The van der Waals surface area contributed by atoms with Crippen LogP contribution >= 0.6 is 0 Å². The predicted molar refractivity (Wildman–Crippen MR) is 47.0 cm³/mol. The van der Waals surface area contributed by atoms with Crippen LogP contribution < -0.4 is 4.84 Å². The van der Waals surface area contributed by atoms with E-state index in [1.54, 1.807) is 0 Å². The average Bonchev–Trinajstić information content (AvgIpc) is 2.48. The maximum Gasteiger partial charge on any atom is 0.329 e. The van der Waals surface area contributed by atoms with Crippen LogP contribution in [0.1, 0.15) is 6.92 Å². The summed E-state index contributed by atoms with van der Waals surface area (Å²) in [6, 6.07) is 7.44. The number of benzene rings is 1. The van der Waals surface area contributed by atoms with Crippen molar-refractivity contribution in [2.45, 2.75) is 6.92 Å². The zero-order valence-corrected chi connectivity index (χ0v) is 7.10. The molecule has 0 atom stereocenters. The van der Waals surface area contributed by atoms with Gasteiger partial charge in [0.15, 0.2) is 0 Å². The van der Waals surface area contributed by atoms with Gasteiger partial charge in [-0.05, 0) is 12.1 Å². The Bertz CT molecular complexity index is 448. The molecule has 2 rings (SSSR count). The minimum absolute atomic E-state index is 0.358. The molecule has 2 aromatic rings. The number of imidazole rings is 1. The molecule has 0 N–H and O–H groups in total. The lowest BCUT2D eigenvalue weighted by atomic mass is 10.3. The van der Waals surface area contributed by atoms with Crippen molar-refractivity contribution in [2.75, 3.05) is 0 Å². The van der Waals surface area contributed by atoms with Gasteiger partial charge in [0, 0.05) is 6.92 Å². The van der Waals surface area contributed by atoms with Crippen molar-refractivity contribution in [3.8, 4) is 0 Å².